The molecular weight excluding hydrogens is 703 g/mol. The standard InChI is InChI=1S/C26H23N5O12S4/c1-2-44(34,35)18-7-3-17(4-8-18)29-31-25-21(47(41,42)43)14-15-13-20(46(38,39)40)24(23(27)22(15)26(25)33)30-28-16-5-9-19(10-6-16)45(36,37)12-11-32/h2-10,13-14,32-33H,1,11-12,27H2,(H,38,39,40)(H,41,42,43). The number of benzene rings is 4. The van der Waals surface area contributed by atoms with Gasteiger partial charge in [-0.2, -0.15) is 27.1 Å². The lowest BCUT2D eigenvalue weighted by atomic mass is 10.1. The van der Waals surface area contributed by atoms with E-state index in [0.29, 0.717) is 12.1 Å². The van der Waals surface area contributed by atoms with Crippen LogP contribution in [0, 0.1) is 0 Å². The van der Waals surface area contributed by atoms with E-state index < -0.39 is 95.6 Å². The van der Waals surface area contributed by atoms with Crippen molar-refractivity contribution in [1.82, 2.24) is 0 Å². The van der Waals surface area contributed by atoms with Gasteiger partial charge >= 0.3 is 0 Å². The van der Waals surface area contributed by atoms with E-state index in [9.17, 15) is 47.9 Å². The largest absolute Gasteiger partial charge is 0.505 e. The van der Waals surface area contributed by atoms with E-state index in [2.05, 4.69) is 27.0 Å². The van der Waals surface area contributed by atoms with Gasteiger partial charge in [0.25, 0.3) is 20.2 Å². The van der Waals surface area contributed by atoms with Crippen LogP contribution in [-0.4, -0.2) is 65.3 Å². The van der Waals surface area contributed by atoms with Crippen molar-refractivity contribution in [3.63, 3.8) is 0 Å². The Kier molecular flexibility index (Phi) is 9.64. The van der Waals surface area contributed by atoms with Crippen molar-refractivity contribution in [2.45, 2.75) is 19.6 Å². The number of nitrogens with two attached hydrogens (primary N) is 1. The number of hydrogen-bond acceptors (Lipinski definition) is 15. The zero-order valence-electron chi connectivity index (χ0n) is 23.5. The van der Waals surface area contributed by atoms with E-state index >= 15 is 0 Å². The lowest BCUT2D eigenvalue weighted by molar-refractivity contribution is 0.319. The number of sulfone groups is 2. The molecular formula is C26H23N5O12S4. The van der Waals surface area contributed by atoms with Crippen LogP contribution in [0.15, 0.2) is 113 Å². The van der Waals surface area contributed by atoms with Gasteiger partial charge in [-0.15, -0.1) is 10.2 Å². The van der Waals surface area contributed by atoms with Crippen molar-refractivity contribution in [3.05, 3.63) is 72.7 Å². The molecule has 47 heavy (non-hydrogen) atoms. The number of hydrogen-bond donors (Lipinski definition) is 5. The summed E-state index contributed by atoms with van der Waals surface area (Å²) in [6.07, 6.45) is 0. The second-order valence-corrected chi connectivity index (χ2v) is 16.2. The fraction of sp³-hybridized carbons (Fsp3) is 0.0769. The molecule has 0 saturated carbocycles. The maximum absolute atomic E-state index is 12.3. The average molecular weight is 726 g/mol. The van der Waals surface area contributed by atoms with Crippen LogP contribution in [0.5, 0.6) is 5.75 Å². The quantitative estimate of drug-likeness (QED) is 0.0826. The molecule has 0 unspecified atom stereocenters. The van der Waals surface area contributed by atoms with Crippen LogP contribution in [0.1, 0.15) is 0 Å². The lowest BCUT2D eigenvalue weighted by Crippen LogP contribution is -2.09. The average Bonchev–Trinajstić information content (AvgIpc) is 2.99. The van der Waals surface area contributed by atoms with Gasteiger partial charge in [-0.3, -0.25) is 9.11 Å². The molecule has 4 aromatic carbocycles. The first kappa shape index (κ1) is 35.2. The van der Waals surface area contributed by atoms with Gasteiger partial charge < -0.3 is 15.9 Å². The van der Waals surface area contributed by atoms with E-state index in [-0.39, 0.29) is 21.2 Å². The van der Waals surface area contributed by atoms with Crippen molar-refractivity contribution < 1.29 is 53.0 Å². The first-order valence-electron chi connectivity index (χ1n) is 12.6. The molecule has 17 nitrogen and oxygen atoms in total. The van der Waals surface area contributed by atoms with Gasteiger partial charge in [0, 0.05) is 5.41 Å². The number of azo groups is 2. The predicted molar refractivity (Wildman–Crippen MR) is 167 cm³/mol. The van der Waals surface area contributed by atoms with Gasteiger partial charge in [0.1, 0.15) is 21.2 Å². The third kappa shape index (κ3) is 7.51. The molecule has 0 bridgehead atoms. The second-order valence-electron chi connectivity index (χ2n) is 9.40. The molecule has 0 spiro atoms. The molecule has 0 fully saturated rings. The summed E-state index contributed by atoms with van der Waals surface area (Å²) in [6, 6.07) is 10.8. The lowest BCUT2D eigenvalue weighted by Gasteiger charge is -2.14. The Morgan fingerprint density at radius 3 is 1.60 bits per heavy atom. The maximum atomic E-state index is 12.3. The molecule has 0 aliphatic carbocycles. The highest BCUT2D eigenvalue weighted by Crippen LogP contribution is 2.48. The molecule has 4 rings (SSSR count). The Morgan fingerprint density at radius 2 is 1.15 bits per heavy atom. The summed E-state index contributed by atoms with van der Waals surface area (Å²) in [5.41, 5.74) is 3.92. The fourth-order valence-corrected chi connectivity index (χ4v) is 7.14. The van der Waals surface area contributed by atoms with Gasteiger partial charge in [-0.25, -0.2) is 16.8 Å². The van der Waals surface area contributed by atoms with Crippen LogP contribution >= 0.6 is 0 Å². The predicted octanol–water partition coefficient (Wildman–Crippen LogP) is 4.14. The number of aliphatic hydroxyl groups is 1. The van der Waals surface area contributed by atoms with Gasteiger partial charge in [0.05, 0.1) is 44.6 Å². The fourth-order valence-electron chi connectivity index (χ4n) is 4.08. The molecule has 248 valence electrons. The maximum Gasteiger partial charge on any atom is 0.296 e. The van der Waals surface area contributed by atoms with Crippen LogP contribution in [0.3, 0.4) is 0 Å². The van der Waals surface area contributed by atoms with E-state index in [1.807, 2.05) is 0 Å². The smallest absolute Gasteiger partial charge is 0.296 e. The first-order valence-corrected chi connectivity index (χ1v) is 18.7. The highest BCUT2D eigenvalue weighted by molar-refractivity contribution is 7.94. The Morgan fingerprint density at radius 1 is 0.702 bits per heavy atom. The number of fused-ring (bicyclic) bond motifs is 1. The number of phenolic OH excluding ortho intramolecular Hbond substituents is 1. The van der Waals surface area contributed by atoms with E-state index in [0.717, 1.165) is 29.7 Å². The number of phenols is 1. The first-order chi connectivity index (χ1) is 21.8. The summed E-state index contributed by atoms with van der Waals surface area (Å²) >= 11 is 0. The monoisotopic (exact) mass is 725 g/mol. The van der Waals surface area contributed by atoms with Gasteiger partial charge in [-0.05, 0) is 66.0 Å². The molecule has 0 aliphatic heterocycles. The SMILES string of the molecule is C=CS(=O)(=O)c1ccc(N=Nc2c(S(=O)(=O)O)cc3cc(S(=O)(=O)O)c(N=Nc4ccc(S(=O)(=O)CCO)cc4)c(N)c3c2O)cc1. The molecule has 0 radical (unpaired) electrons. The second kappa shape index (κ2) is 12.9. The van der Waals surface area contributed by atoms with Crippen molar-refractivity contribution >= 4 is 79.1 Å². The van der Waals surface area contributed by atoms with Crippen LogP contribution in [0.4, 0.5) is 28.4 Å². The number of anilines is 1. The van der Waals surface area contributed by atoms with Crippen molar-refractivity contribution in [3.8, 4) is 5.75 Å². The van der Waals surface area contributed by atoms with Crippen molar-refractivity contribution in [2.75, 3.05) is 18.1 Å². The molecule has 0 amide bonds. The summed E-state index contributed by atoms with van der Waals surface area (Å²) in [6.45, 7) is 2.60. The normalized spacial score (nSPS) is 13.1. The number of nitrogens with zero attached hydrogens (tertiary/aromatic N) is 4. The summed E-state index contributed by atoms with van der Waals surface area (Å²) < 4.78 is 117. The van der Waals surface area contributed by atoms with Crippen LogP contribution < -0.4 is 5.73 Å². The molecule has 0 heterocycles. The Bertz CT molecular complexity index is 2410. The molecule has 0 atom stereocenters. The molecule has 6 N–H and O–H groups in total. The van der Waals surface area contributed by atoms with Crippen molar-refractivity contribution in [1.29, 1.82) is 0 Å². The number of aliphatic hydroxyl groups excluding tert-OH is 1. The molecule has 21 heteroatoms. The third-order valence-electron chi connectivity index (χ3n) is 6.34. The van der Waals surface area contributed by atoms with Gasteiger partial charge in [0.15, 0.2) is 25.4 Å². The van der Waals surface area contributed by atoms with Gasteiger partial charge in [0.2, 0.25) is 0 Å². The Labute approximate surface area is 267 Å². The van der Waals surface area contributed by atoms with E-state index in [4.69, 9.17) is 10.8 Å². The Balaban J connectivity index is 1.90. The molecule has 0 aliphatic rings. The summed E-state index contributed by atoms with van der Waals surface area (Å²) in [5.74, 6) is -1.55. The highest BCUT2D eigenvalue weighted by Gasteiger charge is 2.28. The van der Waals surface area contributed by atoms with Crippen LogP contribution in [-0.2, 0) is 39.9 Å². The highest BCUT2D eigenvalue weighted by atomic mass is 32.2. The van der Waals surface area contributed by atoms with E-state index in [1.165, 1.54) is 24.3 Å². The molecule has 4 aromatic rings. The summed E-state index contributed by atoms with van der Waals surface area (Å²) in [4.78, 5) is -2.29. The van der Waals surface area contributed by atoms with Crippen LogP contribution in [0.25, 0.3) is 10.8 Å². The molecule has 0 saturated heterocycles. The minimum absolute atomic E-state index is 0.0129. The molecule has 0 aromatic heterocycles. The Hall–Kier alpha value is -4.64. The van der Waals surface area contributed by atoms with E-state index in [1.54, 1.807) is 0 Å². The zero-order valence-corrected chi connectivity index (χ0v) is 26.8. The summed E-state index contributed by atoms with van der Waals surface area (Å²) in [7, 11) is -17.9. The minimum atomic E-state index is -5.17. The van der Waals surface area contributed by atoms with Gasteiger partial charge in [-0.1, -0.05) is 6.58 Å². The topological polar surface area (TPSA) is 293 Å². The number of rotatable bonds is 11. The number of nitrogen functional groups attached to an aromatic ring is 1. The zero-order chi connectivity index (χ0) is 34.9. The third-order valence-corrected chi connectivity index (χ3v) is 11.2. The van der Waals surface area contributed by atoms with Crippen molar-refractivity contribution in [2.24, 2.45) is 20.5 Å². The summed E-state index contributed by atoms with van der Waals surface area (Å²) in [5, 5.41) is 35.0. The van der Waals surface area contributed by atoms with Crippen LogP contribution in [0.2, 0.25) is 0 Å². The minimum Gasteiger partial charge on any atom is -0.505 e. The number of aromatic hydroxyl groups is 1.